The normalized spacial score (nSPS) is 13.1. The van der Waals surface area contributed by atoms with Gasteiger partial charge in [0.05, 0.1) is 0 Å². The van der Waals surface area contributed by atoms with E-state index in [1.165, 1.54) is 6.07 Å². The molecule has 0 saturated heterocycles. The van der Waals surface area contributed by atoms with Crippen molar-refractivity contribution in [3.63, 3.8) is 0 Å². The van der Waals surface area contributed by atoms with E-state index in [9.17, 15) is 4.39 Å². The Balaban J connectivity index is 2.90. The van der Waals surface area contributed by atoms with Crippen LogP contribution in [-0.2, 0) is 0 Å². The number of benzene rings is 1. The van der Waals surface area contributed by atoms with Crippen molar-refractivity contribution >= 4 is 15.9 Å². The van der Waals surface area contributed by atoms with Crippen LogP contribution in [0.15, 0.2) is 22.7 Å². The number of rotatable bonds is 6. The molecule has 1 rings (SSSR count). The van der Waals surface area contributed by atoms with E-state index >= 15 is 0 Å². The van der Waals surface area contributed by atoms with Crippen molar-refractivity contribution in [1.82, 2.24) is 5.32 Å². The van der Waals surface area contributed by atoms with Crippen molar-refractivity contribution in [1.29, 1.82) is 0 Å². The van der Waals surface area contributed by atoms with Gasteiger partial charge in [0.2, 0.25) is 0 Å². The van der Waals surface area contributed by atoms with Gasteiger partial charge in [0.25, 0.3) is 0 Å². The third kappa shape index (κ3) is 4.76. The van der Waals surface area contributed by atoms with Crippen molar-refractivity contribution in [2.45, 2.75) is 39.7 Å². The van der Waals surface area contributed by atoms with Crippen molar-refractivity contribution < 1.29 is 4.39 Å². The number of nitrogens with one attached hydrogen (secondary N) is 1. The Kier molecular flexibility index (Phi) is 6.14. The van der Waals surface area contributed by atoms with Gasteiger partial charge in [-0.2, -0.15) is 0 Å². The van der Waals surface area contributed by atoms with E-state index in [-0.39, 0.29) is 11.9 Å². The molecule has 3 heteroatoms. The second-order valence-corrected chi connectivity index (χ2v) is 5.72. The van der Waals surface area contributed by atoms with Crippen LogP contribution in [0.25, 0.3) is 0 Å². The lowest BCUT2D eigenvalue weighted by atomic mass is 9.96. The molecule has 1 nitrogen and oxygen atoms in total. The average molecular weight is 302 g/mol. The molecular formula is C14H21BrFN. The molecule has 1 aromatic rings. The highest BCUT2D eigenvalue weighted by Gasteiger charge is 2.16. The van der Waals surface area contributed by atoms with Gasteiger partial charge < -0.3 is 5.32 Å². The molecule has 1 unspecified atom stereocenters. The maximum atomic E-state index is 13.8. The number of halogens is 2. The quantitative estimate of drug-likeness (QED) is 0.805. The largest absolute Gasteiger partial charge is 0.310 e. The Bertz CT molecular complexity index is 352. The molecule has 1 aromatic carbocycles. The Hall–Kier alpha value is -0.410. The SMILES string of the molecule is CCCNC(CC(C)C)c1cc(Br)ccc1F. The molecule has 0 bridgehead atoms. The summed E-state index contributed by atoms with van der Waals surface area (Å²) in [5.74, 6) is 0.421. The van der Waals surface area contributed by atoms with E-state index in [2.05, 4.69) is 42.0 Å². The predicted molar refractivity (Wildman–Crippen MR) is 74.6 cm³/mol. The Morgan fingerprint density at radius 3 is 2.65 bits per heavy atom. The van der Waals surface area contributed by atoms with Crippen LogP contribution >= 0.6 is 15.9 Å². The second-order valence-electron chi connectivity index (χ2n) is 4.80. The third-order valence-corrected chi connectivity index (χ3v) is 3.17. The molecule has 0 spiro atoms. The van der Waals surface area contributed by atoms with Crippen LogP contribution in [0.1, 0.15) is 45.2 Å². The minimum atomic E-state index is -0.123. The van der Waals surface area contributed by atoms with E-state index in [1.54, 1.807) is 6.07 Å². The standard InChI is InChI=1S/C14H21BrFN/c1-4-7-17-14(8-10(2)3)12-9-11(15)5-6-13(12)16/h5-6,9-10,14,17H,4,7-8H2,1-3H3. The van der Waals surface area contributed by atoms with Crippen molar-refractivity contribution in [3.05, 3.63) is 34.1 Å². The van der Waals surface area contributed by atoms with Crippen LogP contribution in [0.2, 0.25) is 0 Å². The Morgan fingerprint density at radius 2 is 2.06 bits per heavy atom. The zero-order valence-corrected chi connectivity index (χ0v) is 12.3. The predicted octanol–water partition coefficient (Wildman–Crippen LogP) is 4.68. The topological polar surface area (TPSA) is 12.0 Å². The molecule has 0 radical (unpaired) electrons. The summed E-state index contributed by atoms with van der Waals surface area (Å²) in [5.41, 5.74) is 0.765. The lowest BCUT2D eigenvalue weighted by molar-refractivity contribution is 0.416. The third-order valence-electron chi connectivity index (χ3n) is 2.68. The van der Waals surface area contributed by atoms with E-state index in [0.29, 0.717) is 5.92 Å². The van der Waals surface area contributed by atoms with Gasteiger partial charge in [-0.25, -0.2) is 4.39 Å². The smallest absolute Gasteiger partial charge is 0.128 e. The maximum absolute atomic E-state index is 13.8. The zero-order chi connectivity index (χ0) is 12.8. The van der Waals surface area contributed by atoms with Crippen LogP contribution in [0.3, 0.4) is 0 Å². The summed E-state index contributed by atoms with van der Waals surface area (Å²) >= 11 is 3.40. The molecule has 0 aliphatic rings. The summed E-state index contributed by atoms with van der Waals surface area (Å²) in [6, 6.07) is 5.25. The Labute approximate surface area is 112 Å². The molecule has 96 valence electrons. The molecule has 0 amide bonds. The van der Waals surface area contributed by atoms with Gasteiger partial charge in [0.15, 0.2) is 0 Å². The monoisotopic (exact) mass is 301 g/mol. The molecule has 17 heavy (non-hydrogen) atoms. The van der Waals surface area contributed by atoms with Crippen molar-refractivity contribution in [3.8, 4) is 0 Å². The summed E-state index contributed by atoms with van der Waals surface area (Å²) in [6.07, 6.45) is 2.01. The van der Waals surface area contributed by atoms with Crippen LogP contribution in [0.4, 0.5) is 4.39 Å². The van der Waals surface area contributed by atoms with Gasteiger partial charge in [-0.3, -0.25) is 0 Å². The zero-order valence-electron chi connectivity index (χ0n) is 10.8. The highest BCUT2D eigenvalue weighted by atomic mass is 79.9. The summed E-state index contributed by atoms with van der Waals surface area (Å²) in [6.45, 7) is 7.37. The summed E-state index contributed by atoms with van der Waals surface area (Å²) in [5, 5.41) is 3.42. The first-order valence-electron chi connectivity index (χ1n) is 6.23. The first-order valence-corrected chi connectivity index (χ1v) is 7.02. The minimum Gasteiger partial charge on any atom is -0.310 e. The van der Waals surface area contributed by atoms with Gasteiger partial charge in [0, 0.05) is 16.1 Å². The van der Waals surface area contributed by atoms with Gasteiger partial charge in [-0.15, -0.1) is 0 Å². The van der Waals surface area contributed by atoms with Gasteiger partial charge >= 0.3 is 0 Å². The maximum Gasteiger partial charge on any atom is 0.128 e. The molecule has 0 aromatic heterocycles. The lowest BCUT2D eigenvalue weighted by Crippen LogP contribution is -2.24. The molecule has 1 N–H and O–H groups in total. The second kappa shape index (κ2) is 7.12. The van der Waals surface area contributed by atoms with Gasteiger partial charge in [-0.05, 0) is 43.5 Å². The van der Waals surface area contributed by atoms with Crippen LogP contribution < -0.4 is 5.32 Å². The van der Waals surface area contributed by atoms with Crippen molar-refractivity contribution in [2.75, 3.05) is 6.54 Å². The lowest BCUT2D eigenvalue weighted by Gasteiger charge is -2.21. The van der Waals surface area contributed by atoms with E-state index in [4.69, 9.17) is 0 Å². The molecule has 0 aliphatic heterocycles. The molecule has 0 heterocycles. The number of hydrogen-bond acceptors (Lipinski definition) is 1. The fourth-order valence-electron chi connectivity index (χ4n) is 1.89. The van der Waals surface area contributed by atoms with Gasteiger partial charge in [-0.1, -0.05) is 36.7 Å². The summed E-state index contributed by atoms with van der Waals surface area (Å²) in [7, 11) is 0. The molecule has 0 aliphatic carbocycles. The van der Waals surface area contributed by atoms with Crippen LogP contribution in [0, 0.1) is 11.7 Å². The molecule has 0 saturated carbocycles. The highest BCUT2D eigenvalue weighted by Crippen LogP contribution is 2.26. The van der Waals surface area contributed by atoms with Crippen LogP contribution in [0.5, 0.6) is 0 Å². The van der Waals surface area contributed by atoms with E-state index in [0.717, 1.165) is 29.4 Å². The Morgan fingerprint density at radius 1 is 1.35 bits per heavy atom. The van der Waals surface area contributed by atoms with Gasteiger partial charge in [0.1, 0.15) is 5.82 Å². The first-order chi connectivity index (χ1) is 8.04. The average Bonchev–Trinajstić information content (AvgIpc) is 2.27. The molecular weight excluding hydrogens is 281 g/mol. The molecule has 1 atom stereocenters. The first kappa shape index (κ1) is 14.7. The fraction of sp³-hybridized carbons (Fsp3) is 0.571. The van der Waals surface area contributed by atoms with E-state index < -0.39 is 0 Å². The van der Waals surface area contributed by atoms with Crippen LogP contribution in [-0.4, -0.2) is 6.54 Å². The summed E-state index contributed by atoms with van der Waals surface area (Å²) in [4.78, 5) is 0. The molecule has 0 fully saturated rings. The van der Waals surface area contributed by atoms with Crippen molar-refractivity contribution in [2.24, 2.45) is 5.92 Å². The summed E-state index contributed by atoms with van der Waals surface area (Å²) < 4.78 is 14.8. The fourth-order valence-corrected chi connectivity index (χ4v) is 2.27. The highest BCUT2D eigenvalue weighted by molar-refractivity contribution is 9.10. The van der Waals surface area contributed by atoms with E-state index in [1.807, 2.05) is 6.07 Å². The number of hydrogen-bond donors (Lipinski definition) is 1. The minimum absolute atomic E-state index is 0.104.